The Hall–Kier alpha value is -4.47. The quantitative estimate of drug-likeness (QED) is 0.132. The molecule has 0 aliphatic heterocycles. The van der Waals surface area contributed by atoms with E-state index in [0.717, 1.165) is 5.56 Å². The number of esters is 1. The summed E-state index contributed by atoms with van der Waals surface area (Å²) in [5.41, 5.74) is 5.03. The molecule has 2 N–H and O–H groups in total. The van der Waals surface area contributed by atoms with Crippen LogP contribution >= 0.6 is 11.6 Å². The number of hydrogen-bond donors (Lipinski definition) is 2. The first-order valence-electron chi connectivity index (χ1n) is 11.3. The number of hydrogen-bond acceptors (Lipinski definition) is 6. The Morgan fingerprint density at radius 2 is 1.42 bits per heavy atom. The Kier molecular flexibility index (Phi) is 8.20. The Morgan fingerprint density at radius 1 is 0.816 bits per heavy atom. The molecule has 4 aromatic rings. The molecule has 0 aliphatic rings. The van der Waals surface area contributed by atoms with Crippen molar-refractivity contribution >= 4 is 45.4 Å². The first kappa shape index (κ1) is 26.6. The molecule has 0 atom stereocenters. The fourth-order valence-electron chi connectivity index (χ4n) is 3.22. The Balaban J connectivity index is 1.30. The summed E-state index contributed by atoms with van der Waals surface area (Å²) in [6, 6.07) is 25.4. The van der Waals surface area contributed by atoms with Crippen molar-refractivity contribution in [2.75, 3.05) is 4.72 Å². The molecule has 0 aliphatic carbocycles. The van der Waals surface area contributed by atoms with Crippen molar-refractivity contribution in [3.63, 3.8) is 0 Å². The van der Waals surface area contributed by atoms with E-state index >= 15 is 0 Å². The average Bonchev–Trinajstić information content (AvgIpc) is 2.90. The number of sulfonamides is 1. The SMILES string of the molecule is Cc1ccc(S(=O)(=O)Nc2ccc(C(=O)N/N=C/c3ccc(OC(=O)c4ccc(Cl)cc4)cc3)cc2)cc1. The van der Waals surface area contributed by atoms with Gasteiger partial charge in [0.25, 0.3) is 15.9 Å². The average molecular weight is 548 g/mol. The van der Waals surface area contributed by atoms with E-state index in [1.54, 1.807) is 60.7 Å². The highest BCUT2D eigenvalue weighted by Crippen LogP contribution is 2.18. The lowest BCUT2D eigenvalue weighted by Crippen LogP contribution is -2.18. The summed E-state index contributed by atoms with van der Waals surface area (Å²) >= 11 is 5.83. The van der Waals surface area contributed by atoms with Crippen LogP contribution in [0.4, 0.5) is 5.69 Å². The van der Waals surface area contributed by atoms with Gasteiger partial charge >= 0.3 is 5.97 Å². The maximum atomic E-state index is 12.5. The van der Waals surface area contributed by atoms with Gasteiger partial charge in [-0.1, -0.05) is 29.3 Å². The molecule has 0 fully saturated rings. The second-order valence-electron chi connectivity index (χ2n) is 8.16. The molecule has 0 saturated carbocycles. The Morgan fingerprint density at radius 3 is 2.05 bits per heavy atom. The van der Waals surface area contributed by atoms with E-state index in [4.69, 9.17) is 16.3 Å². The van der Waals surface area contributed by atoms with Gasteiger partial charge in [-0.3, -0.25) is 9.52 Å². The molecule has 8 nitrogen and oxygen atoms in total. The van der Waals surface area contributed by atoms with Gasteiger partial charge in [0, 0.05) is 16.3 Å². The number of nitrogens with one attached hydrogen (secondary N) is 2. The zero-order valence-electron chi connectivity index (χ0n) is 20.1. The van der Waals surface area contributed by atoms with Gasteiger partial charge in [-0.2, -0.15) is 5.10 Å². The number of aryl methyl sites for hydroxylation is 1. The second-order valence-corrected chi connectivity index (χ2v) is 10.3. The number of carbonyl (C=O) groups excluding carboxylic acids is 2. The molecule has 1 amide bonds. The normalized spacial score (nSPS) is 11.2. The van der Waals surface area contributed by atoms with Gasteiger partial charge in [0.15, 0.2) is 0 Å². The summed E-state index contributed by atoms with van der Waals surface area (Å²) in [6.07, 6.45) is 1.44. The van der Waals surface area contributed by atoms with Crippen molar-refractivity contribution in [1.82, 2.24) is 5.43 Å². The summed E-state index contributed by atoms with van der Waals surface area (Å²) in [7, 11) is -3.74. The van der Waals surface area contributed by atoms with Gasteiger partial charge in [0.2, 0.25) is 0 Å². The van der Waals surface area contributed by atoms with Crippen LogP contribution in [0.1, 0.15) is 31.8 Å². The molecular formula is C28H22ClN3O5S. The minimum absolute atomic E-state index is 0.145. The lowest BCUT2D eigenvalue weighted by Gasteiger charge is -2.09. The van der Waals surface area contributed by atoms with Crippen LogP contribution in [0.25, 0.3) is 0 Å². The largest absolute Gasteiger partial charge is 0.423 e. The molecular weight excluding hydrogens is 526 g/mol. The molecule has 10 heteroatoms. The highest BCUT2D eigenvalue weighted by atomic mass is 35.5. The fraction of sp³-hybridized carbons (Fsp3) is 0.0357. The zero-order chi connectivity index (χ0) is 27.1. The zero-order valence-corrected chi connectivity index (χ0v) is 21.7. The van der Waals surface area contributed by atoms with Gasteiger partial charge in [-0.05, 0) is 97.4 Å². The third-order valence-corrected chi connectivity index (χ3v) is 6.93. The summed E-state index contributed by atoms with van der Waals surface area (Å²) < 4.78 is 32.9. The number of amides is 1. The number of hydrazone groups is 1. The number of anilines is 1. The molecule has 0 radical (unpaired) electrons. The van der Waals surface area contributed by atoms with Crippen LogP contribution in [-0.4, -0.2) is 26.5 Å². The summed E-state index contributed by atoms with van der Waals surface area (Å²) in [4.78, 5) is 24.7. The van der Waals surface area contributed by atoms with Crippen molar-refractivity contribution in [3.05, 3.63) is 124 Å². The van der Waals surface area contributed by atoms with Gasteiger partial charge in [-0.15, -0.1) is 0 Å². The Bertz CT molecular complexity index is 1570. The number of benzene rings is 4. The van der Waals surface area contributed by atoms with Crippen molar-refractivity contribution in [2.24, 2.45) is 5.10 Å². The second kappa shape index (κ2) is 11.7. The Labute approximate surface area is 225 Å². The van der Waals surface area contributed by atoms with Crippen LogP contribution in [0.2, 0.25) is 5.02 Å². The highest BCUT2D eigenvalue weighted by Gasteiger charge is 2.14. The maximum Gasteiger partial charge on any atom is 0.343 e. The van der Waals surface area contributed by atoms with Gasteiger partial charge in [0.05, 0.1) is 16.7 Å². The highest BCUT2D eigenvalue weighted by molar-refractivity contribution is 7.92. The van der Waals surface area contributed by atoms with Crippen LogP contribution in [0.15, 0.2) is 107 Å². The predicted molar refractivity (Wildman–Crippen MR) is 146 cm³/mol. The molecule has 0 aromatic heterocycles. The molecule has 38 heavy (non-hydrogen) atoms. The smallest absolute Gasteiger partial charge is 0.343 e. The number of halogens is 1. The van der Waals surface area contributed by atoms with E-state index in [-0.39, 0.29) is 4.90 Å². The minimum atomic E-state index is -3.74. The lowest BCUT2D eigenvalue weighted by atomic mass is 10.2. The van der Waals surface area contributed by atoms with Crippen LogP contribution in [-0.2, 0) is 10.0 Å². The fourth-order valence-corrected chi connectivity index (χ4v) is 4.41. The third kappa shape index (κ3) is 7.06. The lowest BCUT2D eigenvalue weighted by molar-refractivity contribution is 0.0734. The number of ether oxygens (including phenoxy) is 1. The molecule has 0 spiro atoms. The van der Waals surface area contributed by atoms with Crippen LogP contribution in [0.3, 0.4) is 0 Å². The molecule has 0 bridgehead atoms. The first-order valence-corrected chi connectivity index (χ1v) is 13.2. The maximum absolute atomic E-state index is 12.5. The van der Waals surface area contributed by atoms with Crippen molar-refractivity contribution < 1.29 is 22.7 Å². The van der Waals surface area contributed by atoms with E-state index < -0.39 is 21.9 Å². The van der Waals surface area contributed by atoms with Gasteiger partial charge in [-0.25, -0.2) is 18.6 Å². The summed E-state index contributed by atoms with van der Waals surface area (Å²) in [6.45, 7) is 1.87. The summed E-state index contributed by atoms with van der Waals surface area (Å²) in [5, 5.41) is 4.46. The monoisotopic (exact) mass is 547 g/mol. The van der Waals surface area contributed by atoms with Gasteiger partial charge in [0.1, 0.15) is 5.75 Å². The van der Waals surface area contributed by atoms with E-state index in [2.05, 4.69) is 15.2 Å². The van der Waals surface area contributed by atoms with Crippen molar-refractivity contribution in [1.29, 1.82) is 0 Å². The first-order chi connectivity index (χ1) is 18.2. The van der Waals surface area contributed by atoms with Gasteiger partial charge < -0.3 is 4.74 Å². The number of carbonyl (C=O) groups is 2. The standard InChI is InChI=1S/C28H22ClN3O5S/c1-19-2-16-26(17-3-19)38(35,36)32-24-12-8-21(9-13-24)27(33)31-30-18-20-4-14-25(15-5-20)37-28(34)22-6-10-23(29)11-7-22/h2-18,32H,1H3,(H,31,33)/b30-18+. The molecule has 4 aromatic carbocycles. The minimum Gasteiger partial charge on any atom is -0.423 e. The van der Waals surface area contributed by atoms with Crippen molar-refractivity contribution in [3.8, 4) is 5.75 Å². The number of rotatable bonds is 8. The van der Waals surface area contributed by atoms with E-state index in [1.807, 2.05) is 6.92 Å². The predicted octanol–water partition coefficient (Wildman–Crippen LogP) is 5.43. The molecule has 0 unspecified atom stereocenters. The van der Waals surface area contributed by atoms with E-state index in [0.29, 0.717) is 33.1 Å². The molecule has 4 rings (SSSR count). The topological polar surface area (TPSA) is 114 Å². The van der Waals surface area contributed by atoms with Crippen LogP contribution in [0.5, 0.6) is 5.75 Å². The number of nitrogens with zero attached hydrogens (tertiary/aromatic N) is 1. The van der Waals surface area contributed by atoms with Crippen LogP contribution in [0, 0.1) is 6.92 Å². The molecule has 0 heterocycles. The third-order valence-electron chi connectivity index (χ3n) is 5.28. The summed E-state index contributed by atoms with van der Waals surface area (Å²) in [5.74, 6) is -0.628. The molecule has 192 valence electrons. The van der Waals surface area contributed by atoms with Crippen molar-refractivity contribution in [2.45, 2.75) is 11.8 Å². The van der Waals surface area contributed by atoms with Crippen LogP contribution < -0.4 is 14.9 Å². The van der Waals surface area contributed by atoms with E-state index in [1.165, 1.54) is 42.6 Å². The van der Waals surface area contributed by atoms with E-state index in [9.17, 15) is 18.0 Å². The molecule has 0 saturated heterocycles.